The number of carbonyl (C=O) groups is 1. The molecule has 0 spiro atoms. The Morgan fingerprint density at radius 3 is 2.66 bits per heavy atom. The summed E-state index contributed by atoms with van der Waals surface area (Å²) in [6.07, 6.45) is 5.54. The van der Waals surface area contributed by atoms with Crippen LogP contribution in [0.15, 0.2) is 84.9 Å². The van der Waals surface area contributed by atoms with Gasteiger partial charge in [-0.2, -0.15) is 0 Å². The number of benzene rings is 3. The molecule has 1 aliphatic carbocycles. The summed E-state index contributed by atoms with van der Waals surface area (Å²) in [7, 11) is 0. The number of hydrogen-bond acceptors (Lipinski definition) is 2. The van der Waals surface area contributed by atoms with Crippen molar-refractivity contribution in [3.63, 3.8) is 0 Å². The minimum atomic E-state index is -0.106. The number of halogens is 1. The summed E-state index contributed by atoms with van der Waals surface area (Å²) in [6, 6.07) is 23.7. The normalized spacial score (nSPS) is 21.8. The van der Waals surface area contributed by atoms with Crippen LogP contribution >= 0.6 is 11.6 Å². The fourth-order valence-electron chi connectivity index (χ4n) is 4.56. The maximum atomic E-state index is 13.1. The SMILES string of the molecule is O=C(Nc1ccccc1)c1cccc2c1NC(c1cccc(Cl)c1)C1CC=CC21. The number of nitrogens with one attached hydrogen (secondary N) is 2. The fraction of sp³-hybridized carbons (Fsp3) is 0.160. The van der Waals surface area contributed by atoms with Gasteiger partial charge in [0.2, 0.25) is 0 Å². The van der Waals surface area contributed by atoms with E-state index in [-0.39, 0.29) is 11.9 Å². The number of hydrogen-bond donors (Lipinski definition) is 2. The minimum absolute atomic E-state index is 0.104. The molecule has 0 saturated heterocycles. The van der Waals surface area contributed by atoms with Crippen LogP contribution in [-0.2, 0) is 0 Å². The molecule has 3 nitrogen and oxygen atoms in total. The van der Waals surface area contributed by atoms with Crippen molar-refractivity contribution in [2.45, 2.75) is 18.4 Å². The predicted octanol–water partition coefficient (Wildman–Crippen LogP) is 6.42. The summed E-state index contributed by atoms with van der Waals surface area (Å²) >= 11 is 6.27. The minimum Gasteiger partial charge on any atom is -0.377 e. The molecule has 144 valence electrons. The van der Waals surface area contributed by atoms with E-state index >= 15 is 0 Å². The lowest BCUT2D eigenvalue weighted by atomic mass is 9.76. The molecular weight excluding hydrogens is 380 g/mol. The summed E-state index contributed by atoms with van der Waals surface area (Å²) < 4.78 is 0. The second-order valence-corrected chi connectivity index (χ2v) is 8.06. The predicted molar refractivity (Wildman–Crippen MR) is 119 cm³/mol. The molecule has 0 saturated carbocycles. The zero-order valence-corrected chi connectivity index (χ0v) is 16.6. The van der Waals surface area contributed by atoms with Crippen LogP contribution < -0.4 is 10.6 Å². The molecule has 4 heteroatoms. The zero-order valence-electron chi connectivity index (χ0n) is 15.8. The summed E-state index contributed by atoms with van der Waals surface area (Å²) in [5.41, 5.74) is 4.70. The van der Waals surface area contributed by atoms with Gasteiger partial charge in [0.15, 0.2) is 0 Å². The Morgan fingerprint density at radius 1 is 1.00 bits per heavy atom. The lowest BCUT2D eigenvalue weighted by Gasteiger charge is -2.38. The first-order valence-corrected chi connectivity index (χ1v) is 10.3. The van der Waals surface area contributed by atoms with Gasteiger partial charge in [-0.05, 0) is 53.8 Å². The van der Waals surface area contributed by atoms with Gasteiger partial charge in [-0.15, -0.1) is 0 Å². The standard InChI is InChI=1S/C25H21ClN2O/c26-17-8-4-7-16(15-17)23-20-12-5-11-19(20)21-13-6-14-22(24(21)28-23)25(29)27-18-9-2-1-3-10-18/h1-11,13-15,19-20,23,28H,12H2,(H,27,29). The van der Waals surface area contributed by atoms with E-state index in [2.05, 4.69) is 34.9 Å². The fourth-order valence-corrected chi connectivity index (χ4v) is 4.76. The Hall–Kier alpha value is -3.04. The van der Waals surface area contributed by atoms with E-state index in [4.69, 9.17) is 11.6 Å². The van der Waals surface area contributed by atoms with Crippen molar-refractivity contribution in [1.29, 1.82) is 0 Å². The van der Waals surface area contributed by atoms with Crippen molar-refractivity contribution in [3.8, 4) is 0 Å². The Bertz CT molecular complexity index is 1090. The van der Waals surface area contributed by atoms with Crippen LogP contribution in [0.2, 0.25) is 5.02 Å². The molecule has 29 heavy (non-hydrogen) atoms. The van der Waals surface area contributed by atoms with Crippen LogP contribution in [0.1, 0.15) is 39.9 Å². The van der Waals surface area contributed by atoms with Crippen LogP contribution in [0.3, 0.4) is 0 Å². The topological polar surface area (TPSA) is 41.1 Å². The van der Waals surface area contributed by atoms with Crippen LogP contribution in [0.25, 0.3) is 0 Å². The highest BCUT2D eigenvalue weighted by atomic mass is 35.5. The number of carbonyl (C=O) groups excluding carboxylic acids is 1. The molecule has 3 aromatic carbocycles. The zero-order chi connectivity index (χ0) is 19.8. The van der Waals surface area contributed by atoms with Crippen molar-refractivity contribution in [1.82, 2.24) is 0 Å². The largest absolute Gasteiger partial charge is 0.377 e. The lowest BCUT2D eigenvalue weighted by Crippen LogP contribution is -2.30. The van der Waals surface area contributed by atoms with Gasteiger partial charge >= 0.3 is 0 Å². The Morgan fingerprint density at radius 2 is 1.83 bits per heavy atom. The van der Waals surface area contributed by atoms with E-state index in [9.17, 15) is 4.79 Å². The summed E-state index contributed by atoms with van der Waals surface area (Å²) in [5, 5.41) is 7.43. The first-order valence-electron chi connectivity index (χ1n) is 9.89. The molecule has 3 atom stereocenters. The van der Waals surface area contributed by atoms with Crippen molar-refractivity contribution < 1.29 is 4.79 Å². The van der Waals surface area contributed by atoms with Gasteiger partial charge < -0.3 is 10.6 Å². The van der Waals surface area contributed by atoms with E-state index < -0.39 is 0 Å². The first kappa shape index (κ1) is 18.0. The van der Waals surface area contributed by atoms with E-state index in [1.54, 1.807) is 0 Å². The van der Waals surface area contributed by atoms with Gasteiger partial charge in [-0.25, -0.2) is 0 Å². The van der Waals surface area contributed by atoms with E-state index in [0.717, 1.165) is 28.4 Å². The number of allylic oxidation sites excluding steroid dienone is 2. The molecule has 0 bridgehead atoms. The Balaban J connectivity index is 1.55. The average molecular weight is 401 g/mol. The van der Waals surface area contributed by atoms with Crippen LogP contribution in [0, 0.1) is 5.92 Å². The maximum Gasteiger partial charge on any atom is 0.257 e. The molecule has 3 unspecified atom stereocenters. The van der Waals surface area contributed by atoms with Gasteiger partial charge in [0.05, 0.1) is 17.3 Å². The molecule has 1 amide bonds. The van der Waals surface area contributed by atoms with Crippen molar-refractivity contribution in [2.75, 3.05) is 10.6 Å². The number of para-hydroxylation sites is 2. The van der Waals surface area contributed by atoms with Crippen molar-refractivity contribution in [2.24, 2.45) is 5.92 Å². The highest BCUT2D eigenvalue weighted by molar-refractivity contribution is 6.30. The van der Waals surface area contributed by atoms with Gasteiger partial charge in [-0.1, -0.05) is 66.2 Å². The highest BCUT2D eigenvalue weighted by Gasteiger charge is 2.39. The third kappa shape index (κ3) is 3.32. The maximum absolute atomic E-state index is 13.1. The quantitative estimate of drug-likeness (QED) is 0.498. The summed E-state index contributed by atoms with van der Waals surface area (Å²) in [5.74, 6) is 0.596. The second kappa shape index (κ2) is 7.41. The average Bonchev–Trinajstić information content (AvgIpc) is 3.23. The monoisotopic (exact) mass is 400 g/mol. The highest BCUT2D eigenvalue weighted by Crippen LogP contribution is 2.50. The third-order valence-electron chi connectivity index (χ3n) is 5.88. The molecule has 0 radical (unpaired) electrons. The van der Waals surface area contributed by atoms with Gasteiger partial charge in [-0.3, -0.25) is 4.79 Å². The van der Waals surface area contributed by atoms with Crippen molar-refractivity contribution >= 4 is 28.9 Å². The first-order chi connectivity index (χ1) is 14.2. The summed E-state index contributed by atoms with van der Waals surface area (Å²) in [4.78, 5) is 13.1. The van der Waals surface area contributed by atoms with Gasteiger partial charge in [0.1, 0.15) is 0 Å². The van der Waals surface area contributed by atoms with Crippen molar-refractivity contribution in [3.05, 3.63) is 107 Å². The molecule has 0 aromatic heterocycles. The van der Waals surface area contributed by atoms with Crippen LogP contribution in [0.5, 0.6) is 0 Å². The van der Waals surface area contributed by atoms with Gasteiger partial charge in [0, 0.05) is 16.6 Å². The van der Waals surface area contributed by atoms with E-state index in [1.807, 2.05) is 60.7 Å². The van der Waals surface area contributed by atoms with E-state index in [0.29, 0.717) is 17.4 Å². The lowest BCUT2D eigenvalue weighted by molar-refractivity contribution is 0.102. The number of amides is 1. The molecule has 3 aromatic rings. The molecule has 2 N–H and O–H groups in total. The van der Waals surface area contributed by atoms with Gasteiger partial charge in [0.25, 0.3) is 5.91 Å². The number of anilines is 2. The van der Waals surface area contributed by atoms with Crippen LogP contribution in [-0.4, -0.2) is 5.91 Å². The Labute approximate surface area is 175 Å². The smallest absolute Gasteiger partial charge is 0.257 e. The molecule has 1 aliphatic heterocycles. The van der Waals surface area contributed by atoms with Crippen LogP contribution in [0.4, 0.5) is 11.4 Å². The number of fused-ring (bicyclic) bond motifs is 3. The molecule has 1 heterocycles. The summed E-state index contributed by atoms with van der Waals surface area (Å²) in [6.45, 7) is 0. The molecule has 2 aliphatic rings. The second-order valence-electron chi connectivity index (χ2n) is 7.62. The number of rotatable bonds is 3. The third-order valence-corrected chi connectivity index (χ3v) is 6.12. The molecule has 0 fully saturated rings. The van der Waals surface area contributed by atoms with E-state index in [1.165, 1.54) is 5.56 Å². The molecular formula is C25H21ClN2O. The molecule has 5 rings (SSSR count). The Kier molecular flexibility index (Phi) is 4.61.